The van der Waals surface area contributed by atoms with Crippen LogP contribution in [-0.2, 0) is 5.75 Å². The molecule has 0 aliphatic rings. The topological polar surface area (TPSA) is 72.1 Å². The molecule has 1 amide bonds. The highest BCUT2D eigenvalue weighted by molar-refractivity contribution is 7.98. The minimum absolute atomic E-state index is 0.0820. The van der Waals surface area contributed by atoms with E-state index in [1.807, 2.05) is 31.2 Å². The first kappa shape index (κ1) is 17.2. The maximum absolute atomic E-state index is 12.2. The van der Waals surface area contributed by atoms with Crippen molar-refractivity contribution in [2.45, 2.75) is 17.7 Å². The normalized spacial score (nSPS) is 10.7. The lowest BCUT2D eigenvalue weighted by Gasteiger charge is -2.12. The highest BCUT2D eigenvalue weighted by atomic mass is 32.2. The second-order valence-electron chi connectivity index (χ2n) is 5.71. The van der Waals surface area contributed by atoms with E-state index in [-0.39, 0.29) is 5.91 Å². The Hall–Kier alpha value is -2.67. The van der Waals surface area contributed by atoms with Gasteiger partial charge in [-0.2, -0.15) is 0 Å². The summed E-state index contributed by atoms with van der Waals surface area (Å²) >= 11 is 1.40. The van der Waals surface area contributed by atoms with Gasteiger partial charge in [0, 0.05) is 25.9 Å². The van der Waals surface area contributed by atoms with Crippen LogP contribution in [0, 0.1) is 6.92 Å². The molecule has 2 aromatic heterocycles. The van der Waals surface area contributed by atoms with Gasteiger partial charge in [-0.15, -0.1) is 10.2 Å². The Balaban J connectivity index is 1.73. The van der Waals surface area contributed by atoms with Crippen LogP contribution in [0.1, 0.15) is 21.8 Å². The zero-order valence-corrected chi connectivity index (χ0v) is 15.1. The molecular weight excluding hydrogens is 336 g/mol. The number of aromatic nitrogens is 3. The molecule has 0 aliphatic heterocycles. The lowest BCUT2D eigenvalue weighted by atomic mass is 10.1. The highest BCUT2D eigenvalue weighted by Crippen LogP contribution is 2.26. The van der Waals surface area contributed by atoms with E-state index >= 15 is 0 Å². The van der Waals surface area contributed by atoms with Crippen molar-refractivity contribution >= 4 is 17.7 Å². The fraction of sp³-hybridized carbons (Fsp3) is 0.222. The SMILES string of the molecule is Cc1ccc(-c2nnc(CSc3ncccc3C(=O)N(C)C)o2)cc1. The Bertz CT molecular complexity index is 875. The average molecular weight is 354 g/mol. The van der Waals surface area contributed by atoms with E-state index in [4.69, 9.17) is 4.42 Å². The summed E-state index contributed by atoms with van der Waals surface area (Å²) in [6, 6.07) is 11.4. The smallest absolute Gasteiger partial charge is 0.256 e. The first-order valence-corrected chi connectivity index (χ1v) is 8.72. The van der Waals surface area contributed by atoms with E-state index in [1.165, 1.54) is 22.2 Å². The largest absolute Gasteiger partial charge is 0.420 e. The third-order valence-electron chi connectivity index (χ3n) is 3.51. The molecule has 0 fully saturated rings. The number of carbonyl (C=O) groups excluding carboxylic acids is 1. The summed E-state index contributed by atoms with van der Waals surface area (Å²) in [6.07, 6.45) is 1.67. The Labute approximate surface area is 150 Å². The summed E-state index contributed by atoms with van der Waals surface area (Å²) in [5.41, 5.74) is 2.62. The summed E-state index contributed by atoms with van der Waals surface area (Å²) in [5, 5.41) is 8.82. The lowest BCUT2D eigenvalue weighted by Crippen LogP contribution is -2.22. The maximum atomic E-state index is 12.2. The van der Waals surface area contributed by atoms with E-state index < -0.39 is 0 Å². The van der Waals surface area contributed by atoms with Crippen molar-refractivity contribution in [2.75, 3.05) is 14.1 Å². The van der Waals surface area contributed by atoms with Crippen LogP contribution in [0.15, 0.2) is 52.0 Å². The van der Waals surface area contributed by atoms with Crippen molar-refractivity contribution in [3.05, 3.63) is 59.6 Å². The van der Waals surface area contributed by atoms with Crippen molar-refractivity contribution in [1.29, 1.82) is 0 Å². The van der Waals surface area contributed by atoms with Crippen molar-refractivity contribution in [3.8, 4) is 11.5 Å². The number of thioether (sulfide) groups is 1. The van der Waals surface area contributed by atoms with E-state index in [0.717, 1.165) is 5.56 Å². The van der Waals surface area contributed by atoms with Crippen LogP contribution in [-0.4, -0.2) is 40.1 Å². The fourth-order valence-electron chi connectivity index (χ4n) is 2.16. The van der Waals surface area contributed by atoms with Crippen molar-refractivity contribution in [1.82, 2.24) is 20.1 Å². The number of carbonyl (C=O) groups is 1. The lowest BCUT2D eigenvalue weighted by molar-refractivity contribution is 0.0823. The Morgan fingerprint density at radius 3 is 2.64 bits per heavy atom. The number of hydrogen-bond donors (Lipinski definition) is 0. The molecule has 128 valence electrons. The first-order chi connectivity index (χ1) is 12.0. The van der Waals surface area contributed by atoms with Crippen LogP contribution in [0.3, 0.4) is 0 Å². The molecule has 2 heterocycles. The monoisotopic (exact) mass is 354 g/mol. The van der Waals surface area contributed by atoms with Crippen molar-refractivity contribution < 1.29 is 9.21 Å². The Morgan fingerprint density at radius 1 is 1.16 bits per heavy atom. The standard InChI is InChI=1S/C18H18N4O2S/c1-12-6-8-13(9-7-12)16-21-20-15(24-16)11-25-17-14(5-4-10-19-17)18(23)22(2)3/h4-10H,11H2,1-3H3. The van der Waals surface area contributed by atoms with Gasteiger partial charge in [0.2, 0.25) is 11.8 Å². The Morgan fingerprint density at radius 2 is 1.92 bits per heavy atom. The second-order valence-corrected chi connectivity index (χ2v) is 6.68. The van der Waals surface area contributed by atoms with Gasteiger partial charge in [0.15, 0.2) is 0 Å². The summed E-state index contributed by atoms with van der Waals surface area (Å²) in [4.78, 5) is 18.0. The zero-order chi connectivity index (χ0) is 17.8. The van der Waals surface area contributed by atoms with Gasteiger partial charge in [0.25, 0.3) is 5.91 Å². The molecule has 0 saturated heterocycles. The molecule has 0 unspecified atom stereocenters. The predicted octanol–water partition coefficient (Wildman–Crippen LogP) is 3.43. The molecule has 0 spiro atoms. The number of hydrogen-bond acceptors (Lipinski definition) is 6. The van der Waals surface area contributed by atoms with Gasteiger partial charge in [-0.1, -0.05) is 29.5 Å². The summed E-state index contributed by atoms with van der Waals surface area (Å²) < 4.78 is 5.71. The highest BCUT2D eigenvalue weighted by Gasteiger charge is 2.16. The molecule has 25 heavy (non-hydrogen) atoms. The molecule has 0 aliphatic carbocycles. The van der Waals surface area contributed by atoms with Crippen LogP contribution in [0.5, 0.6) is 0 Å². The van der Waals surface area contributed by atoms with E-state index in [1.54, 1.807) is 32.4 Å². The molecule has 3 aromatic rings. The van der Waals surface area contributed by atoms with Gasteiger partial charge in [-0.05, 0) is 31.2 Å². The quantitative estimate of drug-likeness (QED) is 0.654. The minimum atomic E-state index is -0.0820. The second kappa shape index (κ2) is 7.48. The summed E-state index contributed by atoms with van der Waals surface area (Å²) in [6.45, 7) is 2.03. The number of benzene rings is 1. The number of aryl methyl sites for hydroxylation is 1. The first-order valence-electron chi connectivity index (χ1n) is 7.73. The van der Waals surface area contributed by atoms with Crippen LogP contribution in [0.25, 0.3) is 11.5 Å². The zero-order valence-electron chi connectivity index (χ0n) is 14.3. The Kier molecular flexibility index (Phi) is 5.14. The van der Waals surface area contributed by atoms with Crippen LogP contribution < -0.4 is 0 Å². The molecule has 6 nitrogen and oxygen atoms in total. The molecular formula is C18H18N4O2S. The van der Waals surface area contributed by atoms with Gasteiger partial charge in [-0.25, -0.2) is 4.98 Å². The van der Waals surface area contributed by atoms with Crippen LogP contribution in [0.2, 0.25) is 0 Å². The van der Waals surface area contributed by atoms with Gasteiger partial charge >= 0.3 is 0 Å². The molecule has 0 bridgehead atoms. The molecule has 0 atom stereocenters. The molecule has 0 saturated carbocycles. The molecule has 0 radical (unpaired) electrons. The van der Waals surface area contributed by atoms with Gasteiger partial charge < -0.3 is 9.32 Å². The summed E-state index contributed by atoms with van der Waals surface area (Å²) in [5.74, 6) is 1.35. The van der Waals surface area contributed by atoms with E-state index in [9.17, 15) is 4.79 Å². The fourth-order valence-corrected chi connectivity index (χ4v) is 2.99. The number of rotatable bonds is 5. The minimum Gasteiger partial charge on any atom is -0.420 e. The third-order valence-corrected chi connectivity index (χ3v) is 4.50. The summed E-state index contributed by atoms with van der Waals surface area (Å²) in [7, 11) is 3.44. The van der Waals surface area contributed by atoms with E-state index in [0.29, 0.717) is 28.1 Å². The predicted molar refractivity (Wildman–Crippen MR) is 96.3 cm³/mol. The van der Waals surface area contributed by atoms with Crippen LogP contribution >= 0.6 is 11.8 Å². The van der Waals surface area contributed by atoms with Crippen molar-refractivity contribution in [3.63, 3.8) is 0 Å². The number of nitrogens with zero attached hydrogens (tertiary/aromatic N) is 4. The van der Waals surface area contributed by atoms with Crippen LogP contribution in [0.4, 0.5) is 0 Å². The average Bonchev–Trinajstić information content (AvgIpc) is 3.09. The number of pyridine rings is 1. The molecule has 0 N–H and O–H groups in total. The third kappa shape index (κ3) is 4.06. The molecule has 1 aromatic carbocycles. The van der Waals surface area contributed by atoms with E-state index in [2.05, 4.69) is 15.2 Å². The number of amides is 1. The molecule has 3 rings (SSSR count). The van der Waals surface area contributed by atoms with Gasteiger partial charge in [-0.3, -0.25) is 4.79 Å². The van der Waals surface area contributed by atoms with Gasteiger partial charge in [0.1, 0.15) is 5.03 Å². The van der Waals surface area contributed by atoms with Gasteiger partial charge in [0.05, 0.1) is 11.3 Å². The maximum Gasteiger partial charge on any atom is 0.256 e. The molecule has 7 heteroatoms. The van der Waals surface area contributed by atoms with Crippen molar-refractivity contribution in [2.24, 2.45) is 0 Å².